The van der Waals surface area contributed by atoms with Crippen molar-refractivity contribution in [2.45, 2.75) is 57.3 Å². The normalized spacial score (nSPS) is 22.7. The van der Waals surface area contributed by atoms with Crippen LogP contribution in [0.25, 0.3) is 10.6 Å². The van der Waals surface area contributed by atoms with E-state index >= 15 is 0 Å². The number of ether oxygens (including phenoxy) is 1. The zero-order valence-corrected chi connectivity index (χ0v) is 18.6. The summed E-state index contributed by atoms with van der Waals surface area (Å²) in [6, 6.07) is 8.91. The van der Waals surface area contributed by atoms with Crippen LogP contribution in [0.2, 0.25) is 0 Å². The van der Waals surface area contributed by atoms with Gasteiger partial charge in [-0.05, 0) is 70.0 Å². The Labute approximate surface area is 183 Å². The van der Waals surface area contributed by atoms with Crippen LogP contribution < -0.4 is 5.32 Å². The summed E-state index contributed by atoms with van der Waals surface area (Å²) < 4.78 is 5.17. The molecular weight excluding hydrogens is 406 g/mol. The zero-order chi connectivity index (χ0) is 19.3. The van der Waals surface area contributed by atoms with E-state index in [9.17, 15) is 4.79 Å². The molecule has 5 nitrogen and oxygen atoms in total. The van der Waals surface area contributed by atoms with Gasteiger partial charge in [-0.15, -0.1) is 22.6 Å². The lowest BCUT2D eigenvalue weighted by Crippen LogP contribution is -2.26. The quantitative estimate of drug-likeness (QED) is 0.674. The molecule has 1 saturated heterocycles. The summed E-state index contributed by atoms with van der Waals surface area (Å²) in [6.07, 6.45) is 6.21. The van der Waals surface area contributed by atoms with Gasteiger partial charge in [-0.3, -0.25) is 4.79 Å². The predicted molar refractivity (Wildman–Crippen MR) is 119 cm³/mol. The zero-order valence-electron chi connectivity index (χ0n) is 16.9. The fraction of sp³-hybridized carbons (Fsp3) is 0.591. The van der Waals surface area contributed by atoms with Gasteiger partial charge < -0.3 is 10.1 Å². The first-order valence-corrected chi connectivity index (χ1v) is 11.4. The van der Waals surface area contributed by atoms with Crippen LogP contribution in [0.15, 0.2) is 24.3 Å². The number of esters is 1. The molecule has 7 heteroatoms. The third-order valence-electron chi connectivity index (χ3n) is 6.11. The molecule has 0 atom stereocenters. The molecular formula is C22H30ClN3O2S. The standard InChI is InChI=1S/C22H29N3O2S.ClH/c1-2-27-22(26)19-9-7-18(8-10-19)21-25-24-20(28-21)17-5-3-15(4-6-17)16-11-13-23-14-12-16;/h3-6,16,18-19,23H,2,7-14H2,1H3;1H/t18-,19-;. The Morgan fingerprint density at radius 2 is 1.72 bits per heavy atom. The summed E-state index contributed by atoms with van der Waals surface area (Å²) in [4.78, 5) is 11.9. The van der Waals surface area contributed by atoms with E-state index in [0.29, 0.717) is 18.4 Å². The molecule has 1 aliphatic carbocycles. The molecule has 0 bridgehead atoms. The van der Waals surface area contributed by atoms with Gasteiger partial charge in [-0.1, -0.05) is 35.6 Å². The maximum atomic E-state index is 11.9. The monoisotopic (exact) mass is 435 g/mol. The molecule has 0 radical (unpaired) electrons. The number of carbonyl (C=O) groups is 1. The maximum absolute atomic E-state index is 11.9. The molecule has 2 heterocycles. The van der Waals surface area contributed by atoms with E-state index in [2.05, 4.69) is 39.8 Å². The van der Waals surface area contributed by atoms with Crippen molar-refractivity contribution in [3.05, 3.63) is 34.8 Å². The molecule has 0 spiro atoms. The van der Waals surface area contributed by atoms with Crippen molar-refractivity contribution in [2.24, 2.45) is 5.92 Å². The molecule has 1 aliphatic heterocycles. The fourth-order valence-electron chi connectivity index (χ4n) is 4.41. The Morgan fingerprint density at radius 3 is 2.38 bits per heavy atom. The molecule has 158 valence electrons. The second kappa shape index (κ2) is 10.5. The molecule has 0 amide bonds. The number of carbonyl (C=O) groups excluding carboxylic acids is 1. The van der Waals surface area contributed by atoms with Crippen molar-refractivity contribution >= 4 is 29.7 Å². The first-order valence-electron chi connectivity index (χ1n) is 10.6. The number of hydrogen-bond acceptors (Lipinski definition) is 6. The predicted octanol–water partition coefficient (Wildman–Crippen LogP) is 4.93. The molecule has 4 rings (SSSR count). The third-order valence-corrected chi connectivity index (χ3v) is 7.24. The van der Waals surface area contributed by atoms with Crippen LogP contribution >= 0.6 is 23.7 Å². The van der Waals surface area contributed by atoms with Crippen molar-refractivity contribution < 1.29 is 9.53 Å². The minimum atomic E-state index is -0.0345. The highest BCUT2D eigenvalue weighted by molar-refractivity contribution is 7.14. The smallest absolute Gasteiger partial charge is 0.308 e. The molecule has 1 N–H and O–H groups in total. The van der Waals surface area contributed by atoms with Gasteiger partial charge in [0.05, 0.1) is 12.5 Å². The number of nitrogens with one attached hydrogen (secondary N) is 1. The van der Waals surface area contributed by atoms with Crippen LogP contribution in [0, 0.1) is 5.92 Å². The van der Waals surface area contributed by atoms with Gasteiger partial charge in [0.2, 0.25) is 0 Å². The van der Waals surface area contributed by atoms with Crippen molar-refractivity contribution in [3.63, 3.8) is 0 Å². The Hall–Kier alpha value is -1.50. The largest absolute Gasteiger partial charge is 0.466 e. The number of hydrogen-bond donors (Lipinski definition) is 1. The van der Waals surface area contributed by atoms with E-state index < -0.39 is 0 Å². The van der Waals surface area contributed by atoms with E-state index in [-0.39, 0.29) is 24.3 Å². The van der Waals surface area contributed by atoms with Crippen LogP contribution in [0.3, 0.4) is 0 Å². The molecule has 0 unspecified atom stereocenters. The Bertz CT molecular complexity index is 782. The van der Waals surface area contributed by atoms with Crippen LogP contribution in [0.1, 0.15) is 67.9 Å². The van der Waals surface area contributed by atoms with Crippen LogP contribution in [-0.2, 0) is 9.53 Å². The third kappa shape index (κ3) is 5.36. The summed E-state index contributed by atoms with van der Waals surface area (Å²) in [5.74, 6) is 1.12. The summed E-state index contributed by atoms with van der Waals surface area (Å²) in [6.45, 7) is 4.56. The second-order valence-corrected chi connectivity index (χ2v) is 8.90. The second-order valence-electron chi connectivity index (χ2n) is 7.89. The fourth-order valence-corrected chi connectivity index (χ4v) is 5.42. The van der Waals surface area contributed by atoms with Gasteiger partial charge in [-0.25, -0.2) is 0 Å². The number of piperidine rings is 1. The number of nitrogens with zero attached hydrogens (tertiary/aromatic N) is 2. The minimum absolute atomic E-state index is 0. The summed E-state index contributed by atoms with van der Waals surface area (Å²) in [7, 11) is 0. The summed E-state index contributed by atoms with van der Waals surface area (Å²) >= 11 is 1.71. The molecule has 1 aromatic heterocycles. The van der Waals surface area contributed by atoms with Crippen molar-refractivity contribution in [1.29, 1.82) is 0 Å². The van der Waals surface area contributed by atoms with Crippen molar-refractivity contribution in [1.82, 2.24) is 15.5 Å². The number of benzene rings is 1. The van der Waals surface area contributed by atoms with E-state index in [1.54, 1.807) is 11.3 Å². The Balaban J connectivity index is 0.00000240. The van der Waals surface area contributed by atoms with Gasteiger partial charge in [0.1, 0.15) is 10.0 Å². The van der Waals surface area contributed by atoms with Gasteiger partial charge in [-0.2, -0.15) is 0 Å². The van der Waals surface area contributed by atoms with Gasteiger partial charge in [0.15, 0.2) is 0 Å². The van der Waals surface area contributed by atoms with Gasteiger partial charge in [0, 0.05) is 11.5 Å². The highest BCUT2D eigenvalue weighted by Crippen LogP contribution is 2.39. The lowest BCUT2D eigenvalue weighted by atomic mass is 9.82. The molecule has 1 aromatic carbocycles. The van der Waals surface area contributed by atoms with Crippen LogP contribution in [-0.4, -0.2) is 35.9 Å². The van der Waals surface area contributed by atoms with Crippen molar-refractivity contribution in [2.75, 3.05) is 19.7 Å². The molecule has 29 heavy (non-hydrogen) atoms. The number of rotatable bonds is 5. The van der Waals surface area contributed by atoms with Gasteiger partial charge >= 0.3 is 5.97 Å². The van der Waals surface area contributed by atoms with E-state index in [0.717, 1.165) is 54.4 Å². The highest BCUT2D eigenvalue weighted by atomic mass is 35.5. The summed E-state index contributed by atoms with van der Waals surface area (Å²) in [5, 5.41) is 14.5. The SMILES string of the molecule is CCOC(=O)[C@H]1CC[C@H](c2nnc(-c3ccc(C4CCNCC4)cc3)s2)CC1.Cl. The van der Waals surface area contributed by atoms with Crippen LogP contribution in [0.5, 0.6) is 0 Å². The lowest BCUT2D eigenvalue weighted by Gasteiger charge is -2.25. The molecule has 2 aromatic rings. The first-order chi connectivity index (χ1) is 13.7. The first kappa shape index (κ1) is 22.2. The average Bonchev–Trinajstić information content (AvgIpc) is 3.25. The minimum Gasteiger partial charge on any atom is -0.466 e. The maximum Gasteiger partial charge on any atom is 0.308 e. The van der Waals surface area contributed by atoms with Crippen molar-refractivity contribution in [3.8, 4) is 10.6 Å². The van der Waals surface area contributed by atoms with E-state index in [1.165, 1.54) is 18.4 Å². The highest BCUT2D eigenvalue weighted by Gasteiger charge is 2.29. The number of aromatic nitrogens is 2. The topological polar surface area (TPSA) is 64.1 Å². The average molecular weight is 436 g/mol. The number of halogens is 1. The van der Waals surface area contributed by atoms with Crippen LogP contribution in [0.4, 0.5) is 0 Å². The lowest BCUT2D eigenvalue weighted by molar-refractivity contribution is -0.149. The van der Waals surface area contributed by atoms with E-state index in [1.807, 2.05) is 6.92 Å². The molecule has 2 fully saturated rings. The molecule has 2 aliphatic rings. The molecule has 1 saturated carbocycles. The summed E-state index contributed by atoms with van der Waals surface area (Å²) in [5.41, 5.74) is 2.59. The van der Waals surface area contributed by atoms with E-state index in [4.69, 9.17) is 4.74 Å². The Morgan fingerprint density at radius 1 is 1.03 bits per heavy atom. The Kier molecular flexibility index (Phi) is 8.04. The van der Waals surface area contributed by atoms with Gasteiger partial charge in [0.25, 0.3) is 0 Å².